The fourth-order valence-electron chi connectivity index (χ4n) is 11.8. The summed E-state index contributed by atoms with van der Waals surface area (Å²) in [6, 6.07) is 0. The number of nitrogens with zero attached hydrogens (tertiary/aromatic N) is 3. The first-order valence-electron chi connectivity index (χ1n) is 20.9. The van der Waals surface area contributed by atoms with Crippen LogP contribution in [0.15, 0.2) is 29.4 Å². The molecular formula is C41H59N3O11. The number of Topliss-reactive ketones (excluding diaryl/α,β-unsaturated/α-hetero) is 1. The predicted molar refractivity (Wildman–Crippen MR) is 196 cm³/mol. The topological polar surface area (TPSA) is 169 Å². The maximum Gasteiger partial charge on any atom is 0.172 e. The summed E-state index contributed by atoms with van der Waals surface area (Å²) in [5.74, 6) is -0.802. The minimum absolute atomic E-state index is 0.0109. The van der Waals surface area contributed by atoms with Crippen molar-refractivity contribution in [3.05, 3.63) is 34.7 Å². The normalized spacial score (nSPS) is 51.3. The van der Waals surface area contributed by atoms with Crippen molar-refractivity contribution in [3.63, 3.8) is 0 Å². The molecule has 14 nitrogen and oxygen atoms in total. The second-order valence-corrected chi connectivity index (χ2v) is 18.2. The molecule has 0 aromatic heterocycles. The molecule has 0 radical (unpaired) electrons. The molecule has 10 saturated heterocycles. The molecule has 1 unspecified atom stereocenters. The van der Waals surface area contributed by atoms with Crippen molar-refractivity contribution in [2.75, 3.05) is 13.7 Å². The van der Waals surface area contributed by atoms with Gasteiger partial charge in [0.1, 0.15) is 35.8 Å². The second kappa shape index (κ2) is 15.0. The van der Waals surface area contributed by atoms with Gasteiger partial charge in [-0.25, -0.2) is 0 Å². The minimum atomic E-state index is -0.911. The number of hydrogen-bond acceptors (Lipinski definition) is 12. The Labute approximate surface area is 323 Å². The summed E-state index contributed by atoms with van der Waals surface area (Å²) in [6.45, 7) is 13.1. The number of azide groups is 1. The Morgan fingerprint density at radius 1 is 0.891 bits per heavy atom. The van der Waals surface area contributed by atoms with Gasteiger partial charge in [-0.15, -0.1) is 0 Å². The standard InChI is InChI=1S/C41H59N3O11/c1-20-12-25-6-8-29-21(2)13-27(48-29)10-11-41-18-34-38(55-41)40(4)39(52-34)37(54-41)36-30(53-40)9-7-26(50-36)14-23(45)15-28-32(17-31(49-25)22(20)3)51-33(35(28)47-5)16-24(46)19-43-44-42/h20,24-39,46H,2-3,6-19H2,1,4-5H3/t20-,24+,25+,26?,27+,28+,29+,30+,31-,32+,33-,34-,35-,36+,37+,38+,39+,40+,41-/m1/s1. The molecule has 0 amide bonds. The zero-order valence-electron chi connectivity index (χ0n) is 32.5. The summed E-state index contributed by atoms with van der Waals surface area (Å²) in [6.07, 6.45) is 3.57. The number of rotatable bonds is 5. The van der Waals surface area contributed by atoms with E-state index in [0.29, 0.717) is 25.7 Å². The van der Waals surface area contributed by atoms with Gasteiger partial charge >= 0.3 is 0 Å². The van der Waals surface area contributed by atoms with Crippen LogP contribution < -0.4 is 0 Å². The molecule has 0 aliphatic carbocycles. The van der Waals surface area contributed by atoms with Crippen LogP contribution in [-0.4, -0.2) is 127 Å². The van der Waals surface area contributed by atoms with Crippen molar-refractivity contribution in [3.8, 4) is 0 Å². The number of hydrogen-bond donors (Lipinski definition) is 1. The lowest BCUT2D eigenvalue weighted by Crippen LogP contribution is -2.66. The fourth-order valence-corrected chi connectivity index (χ4v) is 11.8. The van der Waals surface area contributed by atoms with E-state index >= 15 is 0 Å². The lowest BCUT2D eigenvalue weighted by atomic mass is 9.79. The van der Waals surface area contributed by atoms with Gasteiger partial charge in [0.15, 0.2) is 5.79 Å². The van der Waals surface area contributed by atoms with Gasteiger partial charge in [-0.1, -0.05) is 25.2 Å². The van der Waals surface area contributed by atoms with Gasteiger partial charge in [0, 0.05) is 56.5 Å². The highest BCUT2D eigenvalue weighted by atomic mass is 16.8. The smallest absolute Gasteiger partial charge is 0.172 e. The first-order valence-corrected chi connectivity index (χ1v) is 20.9. The molecule has 1 N–H and O–H groups in total. The van der Waals surface area contributed by atoms with Gasteiger partial charge in [-0.05, 0) is 74.5 Å². The first-order chi connectivity index (χ1) is 26.5. The number of aliphatic hydroxyl groups is 1. The highest BCUT2D eigenvalue weighted by Crippen LogP contribution is 2.58. The quantitative estimate of drug-likeness (QED) is 0.169. The number of ketones is 1. The van der Waals surface area contributed by atoms with Crippen molar-refractivity contribution >= 4 is 5.78 Å². The van der Waals surface area contributed by atoms with E-state index in [1.807, 2.05) is 0 Å². The SMILES string of the molecule is C=C1C[C@@H]2CC[C@@]34C[C@H]5O[C@H]6[C@@H](O3)[C@H]3OC(CC[C@@H]3O[C@@]6(C)[C@H]5O4)CC(=O)C[C@@H]3[C@@H](OC)[C@@H](C[C@H](O)CN=[N+]=[N-])O[C@H]3C[C@H]3O[C@@H](CC[C@@H]1O2)C[C@@H](C)C3=C. The molecule has 10 aliphatic rings. The first kappa shape index (κ1) is 38.6. The summed E-state index contributed by atoms with van der Waals surface area (Å²) in [7, 11) is 1.62. The largest absolute Gasteiger partial charge is 0.393 e. The molecule has 0 saturated carbocycles. The average molecular weight is 770 g/mol. The Kier molecular flexibility index (Phi) is 10.5. The Balaban J connectivity index is 0.997. The maximum absolute atomic E-state index is 14.2. The monoisotopic (exact) mass is 769 g/mol. The molecule has 19 atom stereocenters. The number of ether oxygens (including phenoxy) is 9. The van der Waals surface area contributed by atoms with Gasteiger partial charge in [0.25, 0.3) is 0 Å². The third kappa shape index (κ3) is 7.05. The predicted octanol–water partition coefficient (Wildman–Crippen LogP) is 5.18. The summed E-state index contributed by atoms with van der Waals surface area (Å²) < 4.78 is 60.5. The summed E-state index contributed by atoms with van der Waals surface area (Å²) in [4.78, 5) is 17.0. The highest BCUT2D eigenvalue weighted by Gasteiger charge is 2.73. The minimum Gasteiger partial charge on any atom is -0.393 e. The second-order valence-electron chi connectivity index (χ2n) is 18.2. The molecule has 10 aliphatic heterocycles. The summed E-state index contributed by atoms with van der Waals surface area (Å²) in [5, 5.41) is 14.3. The van der Waals surface area contributed by atoms with Gasteiger partial charge < -0.3 is 47.7 Å². The molecule has 0 aromatic carbocycles. The number of methoxy groups -OCH3 is 1. The molecule has 10 rings (SSSR count). The van der Waals surface area contributed by atoms with Crippen LogP contribution >= 0.6 is 0 Å². The van der Waals surface area contributed by atoms with Crippen LogP contribution in [0.1, 0.15) is 97.3 Å². The third-order valence-electron chi connectivity index (χ3n) is 14.5. The van der Waals surface area contributed by atoms with Crippen LogP contribution in [0.4, 0.5) is 0 Å². The van der Waals surface area contributed by atoms with Gasteiger partial charge in [-0.3, -0.25) is 4.79 Å². The Morgan fingerprint density at radius 2 is 1.69 bits per heavy atom. The lowest BCUT2D eigenvalue weighted by molar-refractivity contribution is -0.301. The molecule has 55 heavy (non-hydrogen) atoms. The maximum atomic E-state index is 14.2. The van der Waals surface area contributed by atoms with Gasteiger partial charge in [0.2, 0.25) is 0 Å². The molecule has 10 heterocycles. The highest BCUT2D eigenvalue weighted by molar-refractivity contribution is 5.79. The zero-order chi connectivity index (χ0) is 38.2. The van der Waals surface area contributed by atoms with E-state index in [4.69, 9.17) is 48.2 Å². The van der Waals surface area contributed by atoms with Crippen LogP contribution in [0.5, 0.6) is 0 Å². The summed E-state index contributed by atoms with van der Waals surface area (Å²) >= 11 is 0. The molecule has 304 valence electrons. The van der Waals surface area contributed by atoms with E-state index in [9.17, 15) is 9.90 Å². The number of carbonyl (C=O) groups is 1. The van der Waals surface area contributed by atoms with Crippen LogP contribution in [-0.2, 0) is 47.4 Å². The molecular weight excluding hydrogens is 710 g/mol. The van der Waals surface area contributed by atoms with Gasteiger partial charge in [-0.2, -0.15) is 0 Å². The molecule has 0 aromatic rings. The van der Waals surface area contributed by atoms with E-state index in [1.54, 1.807) is 7.11 Å². The van der Waals surface area contributed by atoms with E-state index in [1.165, 1.54) is 0 Å². The Bertz CT molecular complexity index is 1560. The Morgan fingerprint density at radius 3 is 2.51 bits per heavy atom. The van der Waals surface area contributed by atoms with E-state index in [-0.39, 0.29) is 111 Å². The molecule has 10 fully saturated rings. The fraction of sp³-hybridized carbons (Fsp3) is 0.878. The number of carbonyl (C=O) groups excluding carboxylic acids is 1. The van der Waals surface area contributed by atoms with Crippen LogP contribution in [0.25, 0.3) is 10.4 Å². The van der Waals surface area contributed by atoms with Crippen molar-refractivity contribution < 1.29 is 52.5 Å². The van der Waals surface area contributed by atoms with Crippen molar-refractivity contribution in [2.24, 2.45) is 17.0 Å². The van der Waals surface area contributed by atoms with Crippen LogP contribution in [0.3, 0.4) is 0 Å². The van der Waals surface area contributed by atoms with E-state index in [2.05, 4.69) is 37.0 Å². The van der Waals surface area contributed by atoms with Crippen molar-refractivity contribution in [2.45, 2.75) is 200 Å². The van der Waals surface area contributed by atoms with Crippen LogP contribution in [0, 0.1) is 11.8 Å². The number of fused-ring (bicyclic) bond motifs is 6. The van der Waals surface area contributed by atoms with Crippen molar-refractivity contribution in [1.82, 2.24) is 0 Å². The van der Waals surface area contributed by atoms with E-state index in [0.717, 1.165) is 49.7 Å². The van der Waals surface area contributed by atoms with Crippen LogP contribution in [0.2, 0.25) is 0 Å². The third-order valence-corrected chi connectivity index (χ3v) is 14.5. The molecule has 14 heteroatoms. The molecule has 12 bridgehead atoms. The number of aliphatic hydroxyl groups excluding tert-OH is 1. The van der Waals surface area contributed by atoms with Gasteiger partial charge in [0.05, 0.1) is 73.7 Å². The van der Waals surface area contributed by atoms with Crippen molar-refractivity contribution in [1.29, 1.82) is 0 Å². The molecule has 1 spiro atoms. The van der Waals surface area contributed by atoms with E-state index < -0.39 is 35.8 Å². The Hall–Kier alpha value is -1.94. The summed E-state index contributed by atoms with van der Waals surface area (Å²) in [5.41, 5.74) is 10.3. The average Bonchev–Trinajstić information content (AvgIpc) is 3.81. The zero-order valence-corrected chi connectivity index (χ0v) is 32.5. The lowest BCUT2D eigenvalue weighted by Gasteiger charge is -2.51.